The SMILES string of the molecule is CCNC(=NCCNC(=O)Cc1cccc(F)c1)N1CCC(C)(C)C1. The number of nitrogens with one attached hydrogen (secondary N) is 2. The highest BCUT2D eigenvalue weighted by Crippen LogP contribution is 2.28. The van der Waals surface area contributed by atoms with Gasteiger partial charge in [-0.3, -0.25) is 9.79 Å². The van der Waals surface area contributed by atoms with Gasteiger partial charge in [-0.1, -0.05) is 26.0 Å². The molecule has 2 rings (SSSR count). The second kappa shape index (κ2) is 8.83. The highest BCUT2D eigenvalue weighted by Gasteiger charge is 2.30. The monoisotopic (exact) mass is 348 g/mol. The Morgan fingerprint density at radius 1 is 1.36 bits per heavy atom. The molecule has 1 aromatic rings. The summed E-state index contributed by atoms with van der Waals surface area (Å²) >= 11 is 0. The fourth-order valence-corrected chi connectivity index (χ4v) is 2.97. The molecule has 0 bridgehead atoms. The standard InChI is InChI=1S/C19H29FN4O/c1-4-21-18(24-11-8-19(2,3)14-24)23-10-9-22-17(25)13-15-6-5-7-16(20)12-15/h5-7,12H,4,8-11,13-14H2,1-3H3,(H,21,23)(H,22,25). The van der Waals surface area contributed by atoms with Crippen molar-refractivity contribution in [2.75, 3.05) is 32.7 Å². The van der Waals surface area contributed by atoms with Crippen molar-refractivity contribution in [2.45, 2.75) is 33.6 Å². The Kier molecular flexibility index (Phi) is 6.79. The van der Waals surface area contributed by atoms with Crippen LogP contribution in [0.3, 0.4) is 0 Å². The van der Waals surface area contributed by atoms with Crippen molar-refractivity contribution in [2.24, 2.45) is 10.4 Å². The number of nitrogens with zero attached hydrogens (tertiary/aromatic N) is 2. The largest absolute Gasteiger partial charge is 0.357 e. The highest BCUT2D eigenvalue weighted by atomic mass is 19.1. The molecule has 1 aliphatic heterocycles. The quantitative estimate of drug-likeness (QED) is 0.471. The zero-order chi connectivity index (χ0) is 18.3. The van der Waals surface area contributed by atoms with Crippen molar-refractivity contribution >= 4 is 11.9 Å². The van der Waals surface area contributed by atoms with Gasteiger partial charge >= 0.3 is 0 Å². The normalized spacial score (nSPS) is 16.8. The number of guanidine groups is 1. The van der Waals surface area contributed by atoms with Crippen molar-refractivity contribution in [1.82, 2.24) is 15.5 Å². The van der Waals surface area contributed by atoms with E-state index in [-0.39, 0.29) is 18.1 Å². The van der Waals surface area contributed by atoms with Crippen LogP contribution in [-0.4, -0.2) is 49.5 Å². The number of hydrogen-bond donors (Lipinski definition) is 2. The molecule has 1 amide bonds. The minimum atomic E-state index is -0.321. The Hall–Kier alpha value is -2.11. The molecule has 25 heavy (non-hydrogen) atoms. The first-order valence-electron chi connectivity index (χ1n) is 8.94. The summed E-state index contributed by atoms with van der Waals surface area (Å²) in [6.07, 6.45) is 1.34. The van der Waals surface area contributed by atoms with Gasteiger partial charge in [-0.05, 0) is 36.5 Å². The molecule has 0 spiro atoms. The zero-order valence-corrected chi connectivity index (χ0v) is 15.4. The summed E-state index contributed by atoms with van der Waals surface area (Å²) in [6.45, 7) is 10.4. The first kappa shape index (κ1) is 19.2. The first-order valence-corrected chi connectivity index (χ1v) is 8.94. The van der Waals surface area contributed by atoms with E-state index in [1.807, 2.05) is 0 Å². The molecule has 0 atom stereocenters. The van der Waals surface area contributed by atoms with Crippen LogP contribution in [0.4, 0.5) is 4.39 Å². The average Bonchev–Trinajstić information content (AvgIpc) is 2.90. The molecule has 138 valence electrons. The third-order valence-corrected chi connectivity index (χ3v) is 4.26. The topological polar surface area (TPSA) is 56.7 Å². The number of halogens is 1. The van der Waals surface area contributed by atoms with E-state index >= 15 is 0 Å². The predicted molar refractivity (Wildman–Crippen MR) is 99.1 cm³/mol. The highest BCUT2D eigenvalue weighted by molar-refractivity contribution is 5.80. The lowest BCUT2D eigenvalue weighted by molar-refractivity contribution is -0.120. The number of rotatable bonds is 6. The van der Waals surface area contributed by atoms with Crippen molar-refractivity contribution in [3.05, 3.63) is 35.6 Å². The lowest BCUT2D eigenvalue weighted by Crippen LogP contribution is -2.41. The van der Waals surface area contributed by atoms with E-state index in [9.17, 15) is 9.18 Å². The van der Waals surface area contributed by atoms with Gasteiger partial charge in [0.05, 0.1) is 13.0 Å². The van der Waals surface area contributed by atoms with E-state index in [4.69, 9.17) is 0 Å². The van der Waals surface area contributed by atoms with E-state index in [1.54, 1.807) is 12.1 Å². The van der Waals surface area contributed by atoms with Gasteiger partial charge in [0.25, 0.3) is 0 Å². The Bertz CT molecular complexity index is 615. The maximum atomic E-state index is 13.1. The molecule has 0 aliphatic carbocycles. The number of amides is 1. The second-order valence-corrected chi connectivity index (χ2v) is 7.23. The number of carbonyl (C=O) groups is 1. The summed E-state index contributed by atoms with van der Waals surface area (Å²) in [5.41, 5.74) is 0.990. The van der Waals surface area contributed by atoms with Crippen LogP contribution in [-0.2, 0) is 11.2 Å². The van der Waals surface area contributed by atoms with E-state index in [2.05, 4.69) is 41.3 Å². The van der Waals surface area contributed by atoms with E-state index in [0.29, 0.717) is 24.1 Å². The maximum Gasteiger partial charge on any atom is 0.224 e. The number of carbonyl (C=O) groups excluding carboxylic acids is 1. The van der Waals surface area contributed by atoms with Gasteiger partial charge in [0, 0.05) is 26.2 Å². The lowest BCUT2D eigenvalue weighted by atomic mass is 9.93. The molecular formula is C19H29FN4O. The smallest absolute Gasteiger partial charge is 0.224 e. The molecule has 0 unspecified atom stereocenters. The molecule has 0 radical (unpaired) electrons. The number of hydrogen-bond acceptors (Lipinski definition) is 2. The molecule has 1 fully saturated rings. The van der Waals surface area contributed by atoms with Gasteiger partial charge in [0.1, 0.15) is 5.82 Å². The van der Waals surface area contributed by atoms with Gasteiger partial charge in [-0.15, -0.1) is 0 Å². The van der Waals surface area contributed by atoms with Crippen LogP contribution in [0, 0.1) is 11.2 Å². The van der Waals surface area contributed by atoms with E-state index in [1.165, 1.54) is 12.1 Å². The summed E-state index contributed by atoms with van der Waals surface area (Å²) in [5.74, 6) is 0.472. The predicted octanol–water partition coefficient (Wildman–Crippen LogP) is 2.18. The minimum absolute atomic E-state index is 0.117. The van der Waals surface area contributed by atoms with Crippen molar-refractivity contribution in [3.8, 4) is 0 Å². The maximum absolute atomic E-state index is 13.1. The number of likely N-dealkylation sites (tertiary alicyclic amines) is 1. The van der Waals surface area contributed by atoms with Gasteiger partial charge in [0.2, 0.25) is 5.91 Å². The molecule has 6 heteroatoms. The van der Waals surface area contributed by atoms with E-state index < -0.39 is 0 Å². The third kappa shape index (κ3) is 6.36. The van der Waals surface area contributed by atoms with Crippen molar-refractivity contribution < 1.29 is 9.18 Å². The van der Waals surface area contributed by atoms with Crippen LogP contribution in [0.15, 0.2) is 29.3 Å². The molecule has 1 saturated heterocycles. The Morgan fingerprint density at radius 2 is 2.16 bits per heavy atom. The van der Waals surface area contributed by atoms with Gasteiger partial charge in [-0.2, -0.15) is 0 Å². The zero-order valence-electron chi connectivity index (χ0n) is 15.4. The Morgan fingerprint density at radius 3 is 2.80 bits per heavy atom. The van der Waals surface area contributed by atoms with Crippen molar-refractivity contribution in [3.63, 3.8) is 0 Å². The van der Waals surface area contributed by atoms with Crippen LogP contribution in [0.25, 0.3) is 0 Å². The number of benzene rings is 1. The van der Waals surface area contributed by atoms with Gasteiger partial charge < -0.3 is 15.5 Å². The summed E-state index contributed by atoms with van der Waals surface area (Å²) in [6, 6.07) is 6.12. The Labute approximate surface area is 149 Å². The van der Waals surface area contributed by atoms with Crippen LogP contribution in [0.2, 0.25) is 0 Å². The van der Waals surface area contributed by atoms with Crippen LogP contribution in [0.5, 0.6) is 0 Å². The summed E-state index contributed by atoms with van der Waals surface area (Å²) in [5, 5.41) is 6.16. The molecule has 2 N–H and O–H groups in total. The molecule has 0 saturated carbocycles. The molecule has 1 aliphatic rings. The van der Waals surface area contributed by atoms with Crippen molar-refractivity contribution in [1.29, 1.82) is 0 Å². The van der Waals surface area contributed by atoms with Crippen LogP contribution >= 0.6 is 0 Å². The van der Waals surface area contributed by atoms with E-state index in [0.717, 1.165) is 32.0 Å². The molecular weight excluding hydrogens is 319 g/mol. The number of aliphatic imine (C=N–C) groups is 1. The van der Waals surface area contributed by atoms with Crippen LogP contribution < -0.4 is 10.6 Å². The molecule has 1 heterocycles. The van der Waals surface area contributed by atoms with Gasteiger partial charge in [-0.25, -0.2) is 4.39 Å². The Balaban J connectivity index is 1.78. The van der Waals surface area contributed by atoms with Crippen LogP contribution in [0.1, 0.15) is 32.8 Å². The lowest BCUT2D eigenvalue weighted by Gasteiger charge is -2.23. The third-order valence-electron chi connectivity index (χ3n) is 4.26. The molecule has 0 aromatic heterocycles. The molecule has 1 aromatic carbocycles. The first-order chi connectivity index (χ1) is 11.9. The summed E-state index contributed by atoms with van der Waals surface area (Å²) < 4.78 is 13.1. The fourth-order valence-electron chi connectivity index (χ4n) is 2.97. The minimum Gasteiger partial charge on any atom is -0.357 e. The second-order valence-electron chi connectivity index (χ2n) is 7.23. The average molecular weight is 348 g/mol. The summed E-state index contributed by atoms with van der Waals surface area (Å²) in [7, 11) is 0. The summed E-state index contributed by atoms with van der Waals surface area (Å²) in [4.78, 5) is 18.8. The van der Waals surface area contributed by atoms with Gasteiger partial charge in [0.15, 0.2) is 5.96 Å². The fraction of sp³-hybridized carbons (Fsp3) is 0.579. The molecule has 5 nitrogen and oxygen atoms in total.